The Morgan fingerprint density at radius 3 is 2.92 bits per heavy atom. The van der Waals surface area contributed by atoms with Crippen molar-refractivity contribution in [2.45, 2.75) is 13.3 Å². The summed E-state index contributed by atoms with van der Waals surface area (Å²) in [4.78, 5) is 16.5. The second-order valence-electron chi connectivity index (χ2n) is 5.43. The number of aromatic amines is 2. The molecule has 0 unspecified atom stereocenters. The number of imidazole rings is 1. The van der Waals surface area contributed by atoms with Crippen LogP contribution in [0.1, 0.15) is 12.7 Å². The molecular weight excluding hydrogens is 302 g/mol. The van der Waals surface area contributed by atoms with Gasteiger partial charge >= 0.3 is 0 Å². The normalized spacial score (nSPS) is 11.1. The fourth-order valence-corrected chi connectivity index (χ4v) is 2.71. The van der Waals surface area contributed by atoms with Gasteiger partial charge in [-0.15, -0.1) is 0 Å². The van der Waals surface area contributed by atoms with Gasteiger partial charge in [-0.05, 0) is 18.2 Å². The molecule has 0 fully saturated rings. The molecule has 0 radical (unpaired) electrons. The molecule has 7 heteroatoms. The van der Waals surface area contributed by atoms with Gasteiger partial charge in [-0.1, -0.05) is 13.0 Å². The summed E-state index contributed by atoms with van der Waals surface area (Å²) in [6.45, 7) is 2.08. The SMILES string of the molecule is CCc1nc2ccc(-c3n[nH]cc3-c3ccnc(NC)n3)cc2[nH]1. The van der Waals surface area contributed by atoms with E-state index < -0.39 is 0 Å². The zero-order valence-corrected chi connectivity index (χ0v) is 13.5. The number of benzene rings is 1. The average Bonchev–Trinajstić information content (AvgIpc) is 3.27. The molecule has 0 aliphatic rings. The van der Waals surface area contributed by atoms with E-state index >= 15 is 0 Å². The zero-order valence-electron chi connectivity index (χ0n) is 13.5. The van der Waals surface area contributed by atoms with Crippen molar-refractivity contribution in [3.05, 3.63) is 42.5 Å². The van der Waals surface area contributed by atoms with E-state index in [4.69, 9.17) is 0 Å². The number of nitrogens with one attached hydrogen (secondary N) is 3. The standard InChI is InChI=1S/C17H17N7/c1-3-15-21-13-5-4-10(8-14(13)22-15)16-11(9-20-24-16)12-6-7-19-17(18-2)23-12/h4-9H,3H2,1-2H3,(H,20,24)(H,21,22)(H,18,19,23). The molecule has 3 aromatic heterocycles. The molecule has 4 aromatic rings. The molecular formula is C17H17N7. The van der Waals surface area contributed by atoms with Gasteiger partial charge in [0.15, 0.2) is 0 Å². The average molecular weight is 319 g/mol. The summed E-state index contributed by atoms with van der Waals surface area (Å²) in [5, 5.41) is 10.3. The predicted molar refractivity (Wildman–Crippen MR) is 93.6 cm³/mol. The van der Waals surface area contributed by atoms with Gasteiger partial charge in [-0.3, -0.25) is 5.10 Å². The molecule has 0 amide bonds. The fraction of sp³-hybridized carbons (Fsp3) is 0.176. The van der Waals surface area contributed by atoms with Crippen LogP contribution >= 0.6 is 0 Å². The van der Waals surface area contributed by atoms with Crippen LogP contribution in [0.2, 0.25) is 0 Å². The van der Waals surface area contributed by atoms with Crippen LogP contribution in [0.15, 0.2) is 36.7 Å². The first-order valence-electron chi connectivity index (χ1n) is 7.82. The summed E-state index contributed by atoms with van der Waals surface area (Å²) in [6.07, 6.45) is 4.47. The predicted octanol–water partition coefficient (Wildman–Crippen LogP) is 3.01. The Morgan fingerprint density at radius 2 is 2.08 bits per heavy atom. The van der Waals surface area contributed by atoms with Crippen molar-refractivity contribution >= 4 is 17.0 Å². The molecule has 7 nitrogen and oxygen atoms in total. The lowest BCUT2D eigenvalue weighted by Crippen LogP contribution is -1.96. The maximum atomic E-state index is 4.54. The van der Waals surface area contributed by atoms with Crippen molar-refractivity contribution in [3.8, 4) is 22.5 Å². The highest BCUT2D eigenvalue weighted by molar-refractivity contribution is 5.85. The molecule has 3 N–H and O–H groups in total. The van der Waals surface area contributed by atoms with Crippen LogP contribution in [0, 0.1) is 0 Å². The number of anilines is 1. The van der Waals surface area contributed by atoms with E-state index in [1.807, 2.05) is 24.4 Å². The number of hydrogen-bond donors (Lipinski definition) is 3. The van der Waals surface area contributed by atoms with Crippen LogP contribution in [0.4, 0.5) is 5.95 Å². The van der Waals surface area contributed by atoms with Crippen molar-refractivity contribution in [2.75, 3.05) is 12.4 Å². The van der Waals surface area contributed by atoms with Gasteiger partial charge in [-0.25, -0.2) is 15.0 Å². The summed E-state index contributed by atoms with van der Waals surface area (Å²) in [5.41, 5.74) is 5.59. The van der Waals surface area contributed by atoms with Crippen molar-refractivity contribution < 1.29 is 0 Å². The quantitative estimate of drug-likeness (QED) is 0.537. The van der Waals surface area contributed by atoms with E-state index in [-0.39, 0.29) is 0 Å². The summed E-state index contributed by atoms with van der Waals surface area (Å²) >= 11 is 0. The number of H-pyrrole nitrogens is 2. The molecule has 0 bridgehead atoms. The molecule has 0 saturated carbocycles. The highest BCUT2D eigenvalue weighted by atomic mass is 15.1. The van der Waals surface area contributed by atoms with Gasteiger partial charge in [0.2, 0.25) is 5.95 Å². The van der Waals surface area contributed by atoms with Gasteiger partial charge in [0.25, 0.3) is 0 Å². The molecule has 0 atom stereocenters. The molecule has 1 aromatic carbocycles. The van der Waals surface area contributed by atoms with Gasteiger partial charge in [-0.2, -0.15) is 5.10 Å². The first-order chi connectivity index (χ1) is 11.8. The highest BCUT2D eigenvalue weighted by Gasteiger charge is 2.13. The lowest BCUT2D eigenvalue weighted by Gasteiger charge is -2.04. The van der Waals surface area contributed by atoms with E-state index in [2.05, 4.69) is 48.4 Å². The molecule has 3 heterocycles. The third kappa shape index (κ3) is 2.40. The smallest absolute Gasteiger partial charge is 0.222 e. The summed E-state index contributed by atoms with van der Waals surface area (Å²) in [5.74, 6) is 1.56. The lowest BCUT2D eigenvalue weighted by molar-refractivity contribution is 1.00. The second kappa shape index (κ2) is 5.77. The maximum Gasteiger partial charge on any atom is 0.222 e. The minimum Gasteiger partial charge on any atom is -0.357 e. The summed E-state index contributed by atoms with van der Waals surface area (Å²) in [7, 11) is 1.80. The number of nitrogens with zero attached hydrogens (tertiary/aromatic N) is 4. The Labute approximate surface area is 138 Å². The third-order valence-corrected chi connectivity index (χ3v) is 3.93. The molecule has 0 saturated heterocycles. The van der Waals surface area contributed by atoms with Crippen LogP contribution in [0.3, 0.4) is 0 Å². The number of hydrogen-bond acceptors (Lipinski definition) is 5. The van der Waals surface area contributed by atoms with Crippen LogP contribution in [-0.2, 0) is 6.42 Å². The molecule has 0 aliphatic heterocycles. The highest BCUT2D eigenvalue weighted by Crippen LogP contribution is 2.30. The van der Waals surface area contributed by atoms with Crippen LogP contribution in [-0.4, -0.2) is 37.2 Å². The van der Waals surface area contributed by atoms with Gasteiger partial charge in [0, 0.05) is 37.0 Å². The lowest BCUT2D eigenvalue weighted by atomic mass is 10.1. The van der Waals surface area contributed by atoms with Crippen LogP contribution in [0.5, 0.6) is 0 Å². The van der Waals surface area contributed by atoms with Crippen molar-refractivity contribution in [1.82, 2.24) is 30.1 Å². The Balaban J connectivity index is 1.81. The number of rotatable bonds is 4. The fourth-order valence-electron chi connectivity index (χ4n) is 2.71. The van der Waals surface area contributed by atoms with Crippen LogP contribution in [0.25, 0.3) is 33.5 Å². The van der Waals surface area contributed by atoms with Gasteiger partial charge in [0.05, 0.1) is 16.7 Å². The van der Waals surface area contributed by atoms with E-state index in [1.165, 1.54) is 0 Å². The Hall–Kier alpha value is -3.22. The molecule has 4 rings (SSSR count). The van der Waals surface area contributed by atoms with E-state index in [1.54, 1.807) is 13.2 Å². The first-order valence-corrected chi connectivity index (χ1v) is 7.82. The first kappa shape index (κ1) is 14.4. The molecule has 24 heavy (non-hydrogen) atoms. The summed E-state index contributed by atoms with van der Waals surface area (Å²) < 4.78 is 0. The number of aryl methyl sites for hydroxylation is 1. The largest absolute Gasteiger partial charge is 0.357 e. The Morgan fingerprint density at radius 1 is 1.17 bits per heavy atom. The van der Waals surface area contributed by atoms with Crippen molar-refractivity contribution in [2.24, 2.45) is 0 Å². The number of fused-ring (bicyclic) bond motifs is 1. The monoisotopic (exact) mass is 319 g/mol. The van der Waals surface area contributed by atoms with E-state index in [0.29, 0.717) is 5.95 Å². The Kier molecular flexibility index (Phi) is 3.45. The Bertz CT molecular complexity index is 999. The summed E-state index contributed by atoms with van der Waals surface area (Å²) in [6, 6.07) is 7.99. The second-order valence-corrected chi connectivity index (χ2v) is 5.43. The molecule has 0 aliphatic carbocycles. The molecule has 120 valence electrons. The zero-order chi connectivity index (χ0) is 16.5. The topological polar surface area (TPSA) is 95.2 Å². The molecule has 0 spiro atoms. The van der Waals surface area contributed by atoms with E-state index in [9.17, 15) is 0 Å². The maximum absolute atomic E-state index is 4.54. The van der Waals surface area contributed by atoms with Crippen LogP contribution < -0.4 is 5.32 Å². The minimum atomic E-state index is 0.580. The van der Waals surface area contributed by atoms with Crippen molar-refractivity contribution in [3.63, 3.8) is 0 Å². The van der Waals surface area contributed by atoms with E-state index in [0.717, 1.165) is 45.8 Å². The third-order valence-electron chi connectivity index (χ3n) is 3.93. The van der Waals surface area contributed by atoms with Crippen molar-refractivity contribution in [1.29, 1.82) is 0 Å². The minimum absolute atomic E-state index is 0.580. The van der Waals surface area contributed by atoms with Gasteiger partial charge < -0.3 is 10.3 Å². The number of aromatic nitrogens is 6. The van der Waals surface area contributed by atoms with Gasteiger partial charge in [0.1, 0.15) is 11.5 Å².